The lowest BCUT2D eigenvalue weighted by molar-refractivity contribution is -0.119. The number of rotatable bonds is 5. The van der Waals surface area contributed by atoms with Crippen molar-refractivity contribution in [2.24, 2.45) is 14.1 Å². The minimum absolute atomic E-state index is 0.0884. The van der Waals surface area contributed by atoms with Gasteiger partial charge in [0.05, 0.1) is 26.5 Å². The Morgan fingerprint density at radius 2 is 1.64 bits per heavy atom. The maximum Gasteiger partial charge on any atom is 0.328 e. The highest BCUT2D eigenvalue weighted by Crippen LogP contribution is 2.31. The number of fused-ring (bicyclic) bond motifs is 1. The summed E-state index contributed by atoms with van der Waals surface area (Å²) in [5, 5.41) is 2.58. The van der Waals surface area contributed by atoms with Gasteiger partial charge < -0.3 is 10.1 Å². The van der Waals surface area contributed by atoms with Gasteiger partial charge in [-0.15, -0.1) is 0 Å². The lowest BCUT2D eigenvalue weighted by Gasteiger charge is -2.13. The summed E-state index contributed by atoms with van der Waals surface area (Å²) in [5.41, 5.74) is 1.67. The Morgan fingerprint density at radius 1 is 1.07 bits per heavy atom. The molecule has 0 atom stereocenters. The summed E-state index contributed by atoms with van der Waals surface area (Å²) in [6.45, 7) is 1.63. The number of amides is 1. The summed E-state index contributed by atoms with van der Waals surface area (Å²) >= 11 is 0. The molecule has 0 fully saturated rings. The summed E-state index contributed by atoms with van der Waals surface area (Å²) in [4.78, 5) is 24.3. The van der Waals surface area contributed by atoms with Crippen LogP contribution in [0.4, 0.5) is 5.69 Å². The average Bonchev–Trinajstić information content (AvgIpc) is 2.85. The van der Waals surface area contributed by atoms with Crippen LogP contribution in [0.15, 0.2) is 51.0 Å². The van der Waals surface area contributed by atoms with Crippen LogP contribution in [0, 0.1) is 6.92 Å². The van der Waals surface area contributed by atoms with Crippen LogP contribution in [0.1, 0.15) is 5.56 Å². The first-order valence-electron chi connectivity index (χ1n) is 8.47. The molecule has 0 aliphatic rings. The number of hydrogen-bond donors (Lipinski definition) is 1. The fourth-order valence-corrected chi connectivity index (χ4v) is 4.42. The average molecular weight is 403 g/mol. The third kappa shape index (κ3) is 3.34. The van der Waals surface area contributed by atoms with E-state index in [0.29, 0.717) is 11.0 Å². The zero-order chi connectivity index (χ0) is 20.6. The van der Waals surface area contributed by atoms with E-state index in [-0.39, 0.29) is 27.8 Å². The van der Waals surface area contributed by atoms with Crippen molar-refractivity contribution in [3.63, 3.8) is 0 Å². The molecule has 1 heterocycles. The molecule has 0 aliphatic carbocycles. The number of aryl methyl sites for hydroxylation is 3. The molecule has 0 bridgehead atoms. The Labute approximate surface area is 162 Å². The molecule has 0 radical (unpaired) electrons. The molecule has 148 valence electrons. The quantitative estimate of drug-likeness (QED) is 0.698. The van der Waals surface area contributed by atoms with Gasteiger partial charge in [-0.25, -0.2) is 13.2 Å². The van der Waals surface area contributed by atoms with Gasteiger partial charge in [0.15, 0.2) is 0 Å². The molecule has 28 heavy (non-hydrogen) atoms. The van der Waals surface area contributed by atoms with Crippen LogP contribution in [0.5, 0.6) is 0 Å². The van der Waals surface area contributed by atoms with Crippen molar-refractivity contribution in [3.05, 3.63) is 52.4 Å². The molecule has 0 aliphatic heterocycles. The number of imidazole rings is 1. The molecular weight excluding hydrogens is 382 g/mol. The van der Waals surface area contributed by atoms with Crippen molar-refractivity contribution in [1.29, 1.82) is 0 Å². The summed E-state index contributed by atoms with van der Waals surface area (Å²) in [7, 11) is 0.578. The normalized spacial score (nSPS) is 11.7. The Kier molecular flexibility index (Phi) is 5.14. The first-order chi connectivity index (χ1) is 13.2. The van der Waals surface area contributed by atoms with Crippen LogP contribution >= 0.6 is 0 Å². The number of anilines is 1. The van der Waals surface area contributed by atoms with E-state index in [1.54, 1.807) is 26.2 Å². The first kappa shape index (κ1) is 19.8. The maximum absolute atomic E-state index is 13.3. The molecule has 3 aromatic rings. The van der Waals surface area contributed by atoms with E-state index in [1.807, 2.05) is 6.92 Å². The molecule has 9 heteroatoms. The van der Waals surface area contributed by atoms with Gasteiger partial charge in [0.1, 0.15) is 6.61 Å². The van der Waals surface area contributed by atoms with E-state index < -0.39 is 15.7 Å². The van der Waals surface area contributed by atoms with E-state index in [0.717, 1.165) is 5.56 Å². The third-order valence-electron chi connectivity index (χ3n) is 4.54. The van der Waals surface area contributed by atoms with Gasteiger partial charge in [0.2, 0.25) is 15.7 Å². The van der Waals surface area contributed by atoms with E-state index in [2.05, 4.69) is 5.32 Å². The Balaban J connectivity index is 2.29. The highest BCUT2D eigenvalue weighted by molar-refractivity contribution is 7.91. The zero-order valence-corrected chi connectivity index (χ0v) is 16.8. The smallest absolute Gasteiger partial charge is 0.328 e. The largest absolute Gasteiger partial charge is 0.375 e. The van der Waals surface area contributed by atoms with Gasteiger partial charge in [-0.1, -0.05) is 17.7 Å². The number of sulfone groups is 1. The molecule has 8 nitrogen and oxygen atoms in total. The summed E-state index contributed by atoms with van der Waals surface area (Å²) < 4.78 is 34.1. The highest BCUT2D eigenvalue weighted by Gasteiger charge is 2.25. The van der Waals surface area contributed by atoms with Gasteiger partial charge in [-0.3, -0.25) is 13.9 Å². The Morgan fingerprint density at radius 3 is 2.21 bits per heavy atom. The van der Waals surface area contributed by atoms with Crippen molar-refractivity contribution in [2.75, 3.05) is 19.0 Å². The fourth-order valence-electron chi connectivity index (χ4n) is 3.01. The van der Waals surface area contributed by atoms with E-state index in [4.69, 9.17) is 4.74 Å². The second kappa shape index (κ2) is 7.25. The summed E-state index contributed by atoms with van der Waals surface area (Å²) in [6, 6.07) is 9.33. The predicted octanol–water partition coefficient (Wildman–Crippen LogP) is 1.60. The number of methoxy groups -OCH3 is 1. The lowest BCUT2D eigenvalue weighted by atomic mass is 10.2. The van der Waals surface area contributed by atoms with Crippen molar-refractivity contribution in [2.45, 2.75) is 16.7 Å². The van der Waals surface area contributed by atoms with Crippen LogP contribution in [0.3, 0.4) is 0 Å². The molecule has 0 unspecified atom stereocenters. The number of ether oxygens (including phenoxy) is 1. The van der Waals surface area contributed by atoms with E-state index >= 15 is 0 Å². The number of aromatic nitrogens is 2. The van der Waals surface area contributed by atoms with Crippen LogP contribution in [-0.2, 0) is 33.5 Å². The number of nitrogens with zero attached hydrogens (tertiary/aromatic N) is 2. The highest BCUT2D eigenvalue weighted by atomic mass is 32.2. The second-order valence-corrected chi connectivity index (χ2v) is 8.45. The molecule has 1 amide bonds. The minimum Gasteiger partial charge on any atom is -0.375 e. The number of carbonyl (C=O) groups is 1. The van der Waals surface area contributed by atoms with Crippen molar-refractivity contribution >= 4 is 32.5 Å². The van der Waals surface area contributed by atoms with Crippen molar-refractivity contribution < 1.29 is 17.9 Å². The summed E-state index contributed by atoms with van der Waals surface area (Å²) in [6.07, 6.45) is 0. The second-order valence-electron chi connectivity index (χ2n) is 6.54. The molecule has 0 saturated carbocycles. The molecule has 3 rings (SSSR count). The monoisotopic (exact) mass is 403 g/mol. The van der Waals surface area contributed by atoms with Crippen LogP contribution < -0.4 is 11.0 Å². The molecule has 0 spiro atoms. The Hall–Kier alpha value is -2.91. The van der Waals surface area contributed by atoms with Crippen molar-refractivity contribution in [3.8, 4) is 0 Å². The predicted molar refractivity (Wildman–Crippen MR) is 105 cm³/mol. The molecule has 1 aromatic heterocycles. The molecule has 0 saturated heterocycles. The van der Waals surface area contributed by atoms with Gasteiger partial charge in [0, 0.05) is 21.2 Å². The standard InChI is InChI=1S/C19H21N3O5S/c1-12-5-7-13(8-6-12)28(25,26)17-10-16-15(21(2)19(24)22(16)3)9-14(17)20-18(23)11-27-4/h5-10H,11H2,1-4H3,(H,20,23). The van der Waals surface area contributed by atoms with Crippen LogP contribution in [0.2, 0.25) is 0 Å². The van der Waals surface area contributed by atoms with Gasteiger partial charge >= 0.3 is 5.69 Å². The van der Waals surface area contributed by atoms with Crippen molar-refractivity contribution in [1.82, 2.24) is 9.13 Å². The van der Waals surface area contributed by atoms with Gasteiger partial charge in [-0.05, 0) is 31.2 Å². The molecule has 2 aromatic carbocycles. The number of nitrogens with one attached hydrogen (secondary N) is 1. The number of hydrogen-bond acceptors (Lipinski definition) is 5. The van der Waals surface area contributed by atoms with Crippen LogP contribution in [-0.4, -0.2) is 37.2 Å². The topological polar surface area (TPSA) is 99.4 Å². The van der Waals surface area contributed by atoms with Gasteiger partial charge in [-0.2, -0.15) is 0 Å². The SMILES string of the molecule is COCC(=O)Nc1cc2c(cc1S(=O)(=O)c1ccc(C)cc1)n(C)c(=O)n2C. The maximum atomic E-state index is 13.3. The molecule has 1 N–H and O–H groups in total. The van der Waals surface area contributed by atoms with Gasteiger partial charge in [0.25, 0.3) is 0 Å². The number of benzene rings is 2. The molecular formula is C19H21N3O5S. The Bertz CT molecular complexity index is 1220. The van der Waals surface area contributed by atoms with E-state index in [1.165, 1.54) is 40.5 Å². The number of carbonyl (C=O) groups excluding carboxylic acids is 1. The fraction of sp³-hybridized carbons (Fsp3) is 0.263. The lowest BCUT2D eigenvalue weighted by Crippen LogP contribution is -2.19. The van der Waals surface area contributed by atoms with Crippen LogP contribution in [0.25, 0.3) is 11.0 Å². The third-order valence-corrected chi connectivity index (χ3v) is 6.35. The first-order valence-corrected chi connectivity index (χ1v) is 9.95. The summed E-state index contributed by atoms with van der Waals surface area (Å²) in [5.74, 6) is -0.497. The zero-order valence-electron chi connectivity index (χ0n) is 16.0. The minimum atomic E-state index is -3.94. The van der Waals surface area contributed by atoms with E-state index in [9.17, 15) is 18.0 Å².